The van der Waals surface area contributed by atoms with Crippen LogP contribution < -0.4 is 10.2 Å². The van der Waals surface area contributed by atoms with Crippen LogP contribution in [0.4, 0.5) is 5.95 Å². The molecule has 1 aromatic carbocycles. The Kier molecular flexibility index (Phi) is 5.41. The standard InChI is InChI=1S/C19H24N4O/c1-2-15-6-8-16(9-7-15)18(24)21-14-17-10-11-20-19(22-17)23-12-4-3-5-13-23/h6-11H,2-5,12-14H2,1H3,(H,21,24). The molecule has 0 saturated carbocycles. The number of hydrogen-bond donors (Lipinski definition) is 1. The molecule has 0 unspecified atom stereocenters. The molecule has 5 heteroatoms. The lowest BCUT2D eigenvalue weighted by Crippen LogP contribution is -2.31. The third-order valence-corrected chi connectivity index (χ3v) is 4.39. The summed E-state index contributed by atoms with van der Waals surface area (Å²) >= 11 is 0. The number of nitrogens with zero attached hydrogens (tertiary/aromatic N) is 3. The summed E-state index contributed by atoms with van der Waals surface area (Å²) in [5.74, 6) is 0.699. The SMILES string of the molecule is CCc1ccc(C(=O)NCc2ccnc(N3CCCCC3)n2)cc1. The number of aryl methyl sites for hydroxylation is 1. The van der Waals surface area contributed by atoms with Crippen LogP contribution in [0.2, 0.25) is 0 Å². The van der Waals surface area contributed by atoms with Crippen LogP contribution in [0.3, 0.4) is 0 Å². The van der Waals surface area contributed by atoms with Crippen LogP contribution in [0.1, 0.15) is 47.8 Å². The van der Waals surface area contributed by atoms with E-state index in [1.54, 1.807) is 6.20 Å². The van der Waals surface area contributed by atoms with Gasteiger partial charge in [-0.05, 0) is 49.4 Å². The maximum Gasteiger partial charge on any atom is 0.251 e. The number of carbonyl (C=O) groups is 1. The van der Waals surface area contributed by atoms with Gasteiger partial charge in [-0.2, -0.15) is 0 Å². The summed E-state index contributed by atoms with van der Waals surface area (Å²) in [5.41, 5.74) is 2.75. The van der Waals surface area contributed by atoms with Gasteiger partial charge in [-0.3, -0.25) is 4.79 Å². The average molecular weight is 324 g/mol. The van der Waals surface area contributed by atoms with E-state index in [9.17, 15) is 4.79 Å². The molecule has 0 radical (unpaired) electrons. The van der Waals surface area contributed by atoms with E-state index in [2.05, 4.69) is 27.1 Å². The highest BCUT2D eigenvalue weighted by Gasteiger charge is 2.14. The highest BCUT2D eigenvalue weighted by molar-refractivity contribution is 5.94. The number of aromatic nitrogens is 2. The van der Waals surface area contributed by atoms with Gasteiger partial charge >= 0.3 is 0 Å². The Bertz CT molecular complexity index is 678. The maximum absolute atomic E-state index is 12.2. The molecule has 1 aliphatic heterocycles. The molecule has 0 atom stereocenters. The summed E-state index contributed by atoms with van der Waals surface area (Å²) in [7, 11) is 0. The Balaban J connectivity index is 1.60. The van der Waals surface area contributed by atoms with E-state index in [0.29, 0.717) is 12.1 Å². The minimum atomic E-state index is -0.0733. The topological polar surface area (TPSA) is 58.1 Å². The molecule has 0 aliphatic carbocycles. The lowest BCUT2D eigenvalue weighted by molar-refractivity contribution is 0.0950. The first-order chi connectivity index (χ1) is 11.8. The van der Waals surface area contributed by atoms with Crippen molar-refractivity contribution >= 4 is 11.9 Å². The number of piperidine rings is 1. The summed E-state index contributed by atoms with van der Waals surface area (Å²) in [6, 6.07) is 9.58. The fourth-order valence-electron chi connectivity index (χ4n) is 2.89. The smallest absolute Gasteiger partial charge is 0.251 e. The fraction of sp³-hybridized carbons (Fsp3) is 0.421. The number of amides is 1. The largest absolute Gasteiger partial charge is 0.346 e. The molecule has 1 amide bonds. The predicted molar refractivity (Wildman–Crippen MR) is 95.1 cm³/mol. The van der Waals surface area contributed by atoms with E-state index in [1.165, 1.54) is 24.8 Å². The number of nitrogens with one attached hydrogen (secondary N) is 1. The Morgan fingerprint density at radius 2 is 1.88 bits per heavy atom. The van der Waals surface area contributed by atoms with E-state index in [0.717, 1.165) is 31.2 Å². The first-order valence-electron chi connectivity index (χ1n) is 8.70. The average Bonchev–Trinajstić information content (AvgIpc) is 2.67. The summed E-state index contributed by atoms with van der Waals surface area (Å²) in [4.78, 5) is 23.4. The number of carbonyl (C=O) groups excluding carboxylic acids is 1. The van der Waals surface area contributed by atoms with Crippen LogP contribution >= 0.6 is 0 Å². The van der Waals surface area contributed by atoms with E-state index in [-0.39, 0.29) is 5.91 Å². The first kappa shape index (κ1) is 16.4. The molecule has 1 fully saturated rings. The van der Waals surface area contributed by atoms with Crippen molar-refractivity contribution in [1.82, 2.24) is 15.3 Å². The quantitative estimate of drug-likeness (QED) is 0.918. The van der Waals surface area contributed by atoms with Crippen molar-refractivity contribution in [3.8, 4) is 0 Å². The van der Waals surface area contributed by atoms with Gasteiger partial charge in [-0.25, -0.2) is 9.97 Å². The molecule has 0 spiro atoms. The Hall–Kier alpha value is -2.43. The van der Waals surface area contributed by atoms with Gasteiger partial charge in [0.1, 0.15) is 0 Å². The second-order valence-electron chi connectivity index (χ2n) is 6.13. The van der Waals surface area contributed by atoms with Gasteiger partial charge in [0.05, 0.1) is 12.2 Å². The molecular formula is C19H24N4O. The highest BCUT2D eigenvalue weighted by atomic mass is 16.1. The first-order valence-corrected chi connectivity index (χ1v) is 8.70. The number of rotatable bonds is 5. The zero-order chi connectivity index (χ0) is 16.8. The van der Waals surface area contributed by atoms with E-state index >= 15 is 0 Å². The number of anilines is 1. The molecule has 0 bridgehead atoms. The third kappa shape index (κ3) is 4.10. The zero-order valence-corrected chi connectivity index (χ0v) is 14.2. The van der Waals surface area contributed by atoms with Crippen molar-refractivity contribution < 1.29 is 4.79 Å². The van der Waals surface area contributed by atoms with Gasteiger partial charge in [0.25, 0.3) is 5.91 Å². The molecular weight excluding hydrogens is 300 g/mol. The minimum absolute atomic E-state index is 0.0733. The molecule has 1 N–H and O–H groups in total. The molecule has 5 nitrogen and oxygen atoms in total. The van der Waals surface area contributed by atoms with E-state index < -0.39 is 0 Å². The van der Waals surface area contributed by atoms with Crippen LogP contribution in [-0.4, -0.2) is 29.0 Å². The zero-order valence-electron chi connectivity index (χ0n) is 14.2. The van der Waals surface area contributed by atoms with Crippen LogP contribution in [0, 0.1) is 0 Å². The minimum Gasteiger partial charge on any atom is -0.346 e. The van der Waals surface area contributed by atoms with Crippen molar-refractivity contribution in [2.75, 3.05) is 18.0 Å². The maximum atomic E-state index is 12.2. The Labute approximate surface area is 143 Å². The Morgan fingerprint density at radius 3 is 2.58 bits per heavy atom. The van der Waals surface area contributed by atoms with Crippen molar-refractivity contribution in [1.29, 1.82) is 0 Å². The van der Waals surface area contributed by atoms with Gasteiger partial charge in [0.15, 0.2) is 0 Å². The van der Waals surface area contributed by atoms with E-state index in [4.69, 9.17) is 0 Å². The molecule has 24 heavy (non-hydrogen) atoms. The number of benzene rings is 1. The van der Waals surface area contributed by atoms with Crippen molar-refractivity contribution in [3.05, 3.63) is 53.3 Å². The predicted octanol–water partition coefficient (Wildman–Crippen LogP) is 2.96. The Morgan fingerprint density at radius 1 is 1.12 bits per heavy atom. The lowest BCUT2D eigenvalue weighted by Gasteiger charge is -2.26. The molecule has 1 aromatic heterocycles. The molecule has 2 heterocycles. The second kappa shape index (κ2) is 7.90. The van der Waals surface area contributed by atoms with Crippen molar-refractivity contribution in [2.45, 2.75) is 39.2 Å². The third-order valence-electron chi connectivity index (χ3n) is 4.39. The monoisotopic (exact) mass is 324 g/mol. The van der Waals surface area contributed by atoms with Crippen LogP contribution in [-0.2, 0) is 13.0 Å². The summed E-state index contributed by atoms with van der Waals surface area (Å²) in [5, 5.41) is 2.94. The van der Waals surface area contributed by atoms with E-state index in [1.807, 2.05) is 30.3 Å². The van der Waals surface area contributed by atoms with Crippen LogP contribution in [0.25, 0.3) is 0 Å². The molecule has 2 aromatic rings. The molecule has 126 valence electrons. The lowest BCUT2D eigenvalue weighted by atomic mass is 10.1. The fourth-order valence-corrected chi connectivity index (χ4v) is 2.89. The molecule has 3 rings (SSSR count). The van der Waals surface area contributed by atoms with Crippen molar-refractivity contribution in [2.24, 2.45) is 0 Å². The molecule has 1 aliphatic rings. The van der Waals surface area contributed by atoms with Gasteiger partial charge < -0.3 is 10.2 Å². The van der Waals surface area contributed by atoms with Gasteiger partial charge in [0, 0.05) is 24.8 Å². The summed E-state index contributed by atoms with van der Waals surface area (Å²) in [6.45, 7) is 4.54. The summed E-state index contributed by atoms with van der Waals surface area (Å²) in [6.07, 6.45) is 6.41. The van der Waals surface area contributed by atoms with Gasteiger partial charge in [0.2, 0.25) is 5.95 Å². The van der Waals surface area contributed by atoms with Crippen LogP contribution in [0.15, 0.2) is 36.5 Å². The second-order valence-corrected chi connectivity index (χ2v) is 6.13. The van der Waals surface area contributed by atoms with Gasteiger partial charge in [-0.1, -0.05) is 19.1 Å². The molecule has 1 saturated heterocycles. The van der Waals surface area contributed by atoms with Gasteiger partial charge in [-0.15, -0.1) is 0 Å². The highest BCUT2D eigenvalue weighted by Crippen LogP contribution is 2.15. The summed E-state index contributed by atoms with van der Waals surface area (Å²) < 4.78 is 0. The van der Waals surface area contributed by atoms with Crippen molar-refractivity contribution in [3.63, 3.8) is 0 Å². The normalized spacial score (nSPS) is 14.5. The van der Waals surface area contributed by atoms with Crippen LogP contribution in [0.5, 0.6) is 0 Å². The number of hydrogen-bond acceptors (Lipinski definition) is 4.